The van der Waals surface area contributed by atoms with Gasteiger partial charge in [-0.2, -0.15) is 5.10 Å². The highest BCUT2D eigenvalue weighted by Gasteiger charge is 2.35. The third kappa shape index (κ3) is 1.99. The Morgan fingerprint density at radius 2 is 1.48 bits per heavy atom. The molecule has 0 N–H and O–H groups in total. The molecule has 2 aliphatic heterocycles. The molecule has 0 radical (unpaired) electrons. The maximum atomic E-state index is 5.05. The number of amidine groups is 1. The molecule has 1 fully saturated rings. The predicted molar refractivity (Wildman–Crippen MR) is 94.5 cm³/mol. The number of nitrogens with zero attached hydrogens (tertiary/aromatic N) is 3. The molecule has 0 spiro atoms. The van der Waals surface area contributed by atoms with E-state index in [2.05, 4.69) is 58.4 Å². The quantitative estimate of drug-likeness (QED) is 0.775. The minimum absolute atomic E-state index is 0.612. The number of hydrogen-bond donors (Lipinski definition) is 0. The van der Waals surface area contributed by atoms with Crippen molar-refractivity contribution in [3.8, 4) is 11.1 Å². The molecule has 0 aromatic heterocycles. The van der Waals surface area contributed by atoms with Crippen molar-refractivity contribution in [3.05, 3.63) is 54.1 Å². The Labute approximate surface area is 137 Å². The van der Waals surface area contributed by atoms with Crippen LogP contribution < -0.4 is 4.90 Å². The second kappa shape index (κ2) is 5.12. The lowest BCUT2D eigenvalue weighted by atomic mass is 9.93. The molecule has 2 aromatic carbocycles. The minimum Gasteiger partial charge on any atom is -0.304 e. The van der Waals surface area contributed by atoms with Crippen molar-refractivity contribution in [2.75, 3.05) is 11.6 Å². The van der Waals surface area contributed by atoms with Crippen molar-refractivity contribution in [1.29, 1.82) is 0 Å². The van der Waals surface area contributed by atoms with E-state index in [4.69, 9.17) is 5.10 Å². The van der Waals surface area contributed by atoms with Crippen LogP contribution in [0, 0.1) is 0 Å². The van der Waals surface area contributed by atoms with Gasteiger partial charge in [0.25, 0.3) is 0 Å². The fourth-order valence-corrected chi connectivity index (χ4v) is 4.23. The molecule has 0 atom stereocenters. The number of benzene rings is 2. The van der Waals surface area contributed by atoms with E-state index in [1.165, 1.54) is 54.5 Å². The lowest BCUT2D eigenvalue weighted by molar-refractivity contribution is 0.179. The van der Waals surface area contributed by atoms with Crippen molar-refractivity contribution in [1.82, 2.24) is 5.01 Å². The fraction of sp³-hybridized carbons (Fsp3) is 0.350. The van der Waals surface area contributed by atoms with Crippen LogP contribution >= 0.6 is 0 Å². The number of fused-ring (bicyclic) bond motifs is 6. The van der Waals surface area contributed by atoms with Gasteiger partial charge in [0.2, 0.25) is 0 Å². The first-order valence-electron chi connectivity index (χ1n) is 8.73. The van der Waals surface area contributed by atoms with Gasteiger partial charge in [-0.15, -0.1) is 0 Å². The maximum absolute atomic E-state index is 5.05. The number of hydrogen-bond acceptors (Lipinski definition) is 3. The highest BCUT2D eigenvalue weighted by Crippen LogP contribution is 2.41. The van der Waals surface area contributed by atoms with Gasteiger partial charge in [-0.25, -0.2) is 0 Å². The normalized spacial score (nSPS) is 19.9. The molecule has 1 saturated carbocycles. The molecular weight excluding hydrogens is 282 g/mol. The first kappa shape index (κ1) is 13.2. The van der Waals surface area contributed by atoms with Gasteiger partial charge in [-0.1, -0.05) is 61.7 Å². The van der Waals surface area contributed by atoms with Gasteiger partial charge >= 0.3 is 0 Å². The Morgan fingerprint density at radius 3 is 2.30 bits per heavy atom. The third-order valence-corrected chi connectivity index (χ3v) is 5.41. The van der Waals surface area contributed by atoms with E-state index in [-0.39, 0.29) is 0 Å². The van der Waals surface area contributed by atoms with Crippen molar-refractivity contribution in [2.45, 2.75) is 38.1 Å². The predicted octanol–water partition coefficient (Wildman–Crippen LogP) is 4.44. The standard InChI is InChI=1S/C20H21N3/c1-2-8-15(9-3-1)23-14-22-19-13-7-6-11-17(19)16-10-4-5-12-18(16)20(22)21-23/h4-7,10-13,15H,1-3,8-9,14H2. The SMILES string of the molecule is c1ccc2c(c1)C1=NN(C3CCCCC3)CN1c1ccccc1-2. The highest BCUT2D eigenvalue weighted by atomic mass is 15.6. The Kier molecular flexibility index (Phi) is 2.93. The van der Waals surface area contributed by atoms with E-state index in [0.29, 0.717) is 6.04 Å². The first-order chi connectivity index (χ1) is 11.4. The molecular formula is C20H21N3. The number of rotatable bonds is 1. The van der Waals surface area contributed by atoms with Crippen LogP contribution in [0.5, 0.6) is 0 Å². The molecule has 3 heteroatoms. The number of anilines is 1. The second-order valence-electron chi connectivity index (χ2n) is 6.79. The van der Waals surface area contributed by atoms with E-state index >= 15 is 0 Å². The van der Waals surface area contributed by atoms with Gasteiger partial charge in [0.15, 0.2) is 5.84 Å². The van der Waals surface area contributed by atoms with Crippen molar-refractivity contribution < 1.29 is 0 Å². The summed E-state index contributed by atoms with van der Waals surface area (Å²) in [6.45, 7) is 0.894. The molecule has 0 bridgehead atoms. The topological polar surface area (TPSA) is 18.8 Å². The summed E-state index contributed by atoms with van der Waals surface area (Å²) < 4.78 is 0. The maximum Gasteiger partial charge on any atom is 0.162 e. The lowest BCUT2D eigenvalue weighted by Gasteiger charge is -2.32. The largest absolute Gasteiger partial charge is 0.304 e. The molecule has 2 aromatic rings. The average molecular weight is 303 g/mol. The van der Waals surface area contributed by atoms with Crippen molar-refractivity contribution in [3.63, 3.8) is 0 Å². The smallest absolute Gasteiger partial charge is 0.162 e. The van der Waals surface area contributed by atoms with Crippen LogP contribution in [-0.2, 0) is 0 Å². The first-order valence-corrected chi connectivity index (χ1v) is 8.73. The molecule has 3 nitrogen and oxygen atoms in total. The summed E-state index contributed by atoms with van der Waals surface area (Å²) in [5.41, 5.74) is 5.20. The van der Waals surface area contributed by atoms with E-state index in [1.807, 2.05) is 0 Å². The molecule has 116 valence electrons. The van der Waals surface area contributed by atoms with Crippen LogP contribution in [0.15, 0.2) is 53.6 Å². The van der Waals surface area contributed by atoms with Gasteiger partial charge in [0, 0.05) is 17.2 Å². The molecule has 3 aliphatic rings. The number of para-hydroxylation sites is 1. The summed E-state index contributed by atoms with van der Waals surface area (Å²) >= 11 is 0. The van der Waals surface area contributed by atoms with Gasteiger partial charge in [-0.3, -0.25) is 5.01 Å². The molecule has 0 amide bonds. The zero-order valence-corrected chi connectivity index (χ0v) is 13.3. The van der Waals surface area contributed by atoms with Crippen LogP contribution in [0.2, 0.25) is 0 Å². The molecule has 5 rings (SSSR count). The Balaban J connectivity index is 1.61. The Bertz CT molecular complexity index is 774. The van der Waals surface area contributed by atoms with Crippen LogP contribution in [0.4, 0.5) is 5.69 Å². The summed E-state index contributed by atoms with van der Waals surface area (Å²) in [5, 5.41) is 7.39. The van der Waals surface area contributed by atoms with Gasteiger partial charge in [-0.05, 0) is 24.5 Å². The third-order valence-electron chi connectivity index (χ3n) is 5.41. The van der Waals surface area contributed by atoms with E-state index in [1.54, 1.807) is 0 Å². The monoisotopic (exact) mass is 303 g/mol. The van der Waals surface area contributed by atoms with Gasteiger partial charge < -0.3 is 4.90 Å². The summed E-state index contributed by atoms with van der Waals surface area (Å²) in [5.74, 6) is 1.13. The zero-order valence-electron chi connectivity index (χ0n) is 13.3. The lowest BCUT2D eigenvalue weighted by Crippen LogP contribution is -2.38. The second-order valence-corrected chi connectivity index (χ2v) is 6.79. The van der Waals surface area contributed by atoms with Crippen LogP contribution in [0.1, 0.15) is 37.7 Å². The van der Waals surface area contributed by atoms with Crippen LogP contribution in [0.3, 0.4) is 0 Å². The van der Waals surface area contributed by atoms with E-state index in [0.717, 1.165) is 12.5 Å². The molecule has 2 heterocycles. The Hall–Kier alpha value is -2.29. The zero-order chi connectivity index (χ0) is 15.2. The highest BCUT2D eigenvalue weighted by molar-refractivity contribution is 6.19. The summed E-state index contributed by atoms with van der Waals surface area (Å²) in [4.78, 5) is 2.40. The van der Waals surface area contributed by atoms with Gasteiger partial charge in [0.05, 0.1) is 5.69 Å². The Morgan fingerprint density at radius 1 is 0.783 bits per heavy atom. The summed E-state index contributed by atoms with van der Waals surface area (Å²) in [6, 6.07) is 18.0. The van der Waals surface area contributed by atoms with Crippen LogP contribution in [-0.4, -0.2) is 23.6 Å². The van der Waals surface area contributed by atoms with Crippen molar-refractivity contribution in [2.24, 2.45) is 5.10 Å². The fourth-order valence-electron chi connectivity index (χ4n) is 4.23. The summed E-state index contributed by atoms with van der Waals surface area (Å²) in [7, 11) is 0. The number of hydrazone groups is 1. The molecule has 0 saturated heterocycles. The van der Waals surface area contributed by atoms with Crippen LogP contribution in [0.25, 0.3) is 11.1 Å². The molecule has 23 heavy (non-hydrogen) atoms. The van der Waals surface area contributed by atoms with E-state index < -0.39 is 0 Å². The molecule has 1 aliphatic carbocycles. The van der Waals surface area contributed by atoms with Crippen molar-refractivity contribution >= 4 is 11.5 Å². The summed E-state index contributed by atoms with van der Waals surface area (Å²) in [6.07, 6.45) is 6.65. The average Bonchev–Trinajstić information content (AvgIpc) is 3.09. The molecule has 0 unspecified atom stereocenters. The van der Waals surface area contributed by atoms with E-state index in [9.17, 15) is 0 Å². The van der Waals surface area contributed by atoms with Gasteiger partial charge in [0.1, 0.15) is 6.67 Å². The minimum atomic E-state index is 0.612.